The molecular weight excluding hydrogens is 268 g/mol. The fourth-order valence-corrected chi connectivity index (χ4v) is 1.84. The number of unbranched alkanes of at least 4 members (excludes halogenated alkanes) is 1. The molecule has 0 spiro atoms. The molecule has 0 aliphatic rings. The molecule has 0 unspecified atom stereocenters. The summed E-state index contributed by atoms with van der Waals surface area (Å²) in [7, 11) is 0. The number of rotatable bonds is 6. The van der Waals surface area contributed by atoms with E-state index in [-0.39, 0.29) is 17.4 Å². The van der Waals surface area contributed by atoms with Crippen LogP contribution in [0.25, 0.3) is 0 Å². The van der Waals surface area contributed by atoms with E-state index in [1.54, 1.807) is 0 Å². The van der Waals surface area contributed by atoms with E-state index < -0.39 is 0 Å². The molecule has 21 heavy (non-hydrogen) atoms. The molecule has 0 aliphatic heterocycles. The SMILES string of the molecule is CCCCc1ccc(Oc2nccnc2/C(N)=N/O)cc1. The maximum absolute atomic E-state index is 8.74. The summed E-state index contributed by atoms with van der Waals surface area (Å²) in [6, 6.07) is 7.78. The minimum Gasteiger partial charge on any atom is -0.437 e. The van der Waals surface area contributed by atoms with E-state index in [9.17, 15) is 0 Å². The van der Waals surface area contributed by atoms with Gasteiger partial charge in [0.15, 0.2) is 11.5 Å². The molecular formula is C15H18N4O2. The summed E-state index contributed by atoms with van der Waals surface area (Å²) in [6.45, 7) is 2.17. The van der Waals surface area contributed by atoms with E-state index in [1.807, 2.05) is 24.3 Å². The highest BCUT2D eigenvalue weighted by Gasteiger charge is 2.12. The predicted molar refractivity (Wildman–Crippen MR) is 79.7 cm³/mol. The van der Waals surface area contributed by atoms with Gasteiger partial charge < -0.3 is 15.7 Å². The van der Waals surface area contributed by atoms with E-state index in [1.165, 1.54) is 24.4 Å². The minimum absolute atomic E-state index is 0.141. The Hall–Kier alpha value is -2.63. The summed E-state index contributed by atoms with van der Waals surface area (Å²) in [5, 5.41) is 11.7. The van der Waals surface area contributed by atoms with E-state index in [0.29, 0.717) is 5.75 Å². The van der Waals surface area contributed by atoms with Gasteiger partial charge in [0.05, 0.1) is 0 Å². The van der Waals surface area contributed by atoms with Crippen molar-refractivity contribution in [1.29, 1.82) is 0 Å². The molecule has 0 bridgehead atoms. The molecule has 0 fully saturated rings. The van der Waals surface area contributed by atoms with Gasteiger partial charge >= 0.3 is 0 Å². The van der Waals surface area contributed by atoms with Gasteiger partial charge in [-0.2, -0.15) is 0 Å². The lowest BCUT2D eigenvalue weighted by Gasteiger charge is -2.08. The zero-order chi connectivity index (χ0) is 15.1. The van der Waals surface area contributed by atoms with Crippen molar-refractivity contribution in [2.75, 3.05) is 0 Å². The number of hydrogen-bond donors (Lipinski definition) is 2. The summed E-state index contributed by atoms with van der Waals surface area (Å²) in [5.41, 5.74) is 7.01. The molecule has 6 heteroatoms. The average molecular weight is 286 g/mol. The molecule has 0 saturated carbocycles. The molecule has 1 heterocycles. The van der Waals surface area contributed by atoms with Crippen molar-refractivity contribution in [2.45, 2.75) is 26.2 Å². The van der Waals surface area contributed by atoms with Gasteiger partial charge in [-0.3, -0.25) is 0 Å². The van der Waals surface area contributed by atoms with Crippen LogP contribution in [0.5, 0.6) is 11.6 Å². The van der Waals surface area contributed by atoms with Crippen LogP contribution in [0.3, 0.4) is 0 Å². The molecule has 0 amide bonds. The highest BCUT2D eigenvalue weighted by Crippen LogP contribution is 2.22. The van der Waals surface area contributed by atoms with Crippen molar-refractivity contribution in [3.8, 4) is 11.6 Å². The Morgan fingerprint density at radius 2 is 1.95 bits per heavy atom. The van der Waals surface area contributed by atoms with Gasteiger partial charge in [-0.15, -0.1) is 0 Å². The largest absolute Gasteiger partial charge is 0.437 e. The van der Waals surface area contributed by atoms with Crippen LogP contribution in [0.2, 0.25) is 0 Å². The monoisotopic (exact) mass is 286 g/mol. The highest BCUT2D eigenvalue weighted by molar-refractivity contribution is 5.97. The second kappa shape index (κ2) is 7.23. The smallest absolute Gasteiger partial charge is 0.249 e. The zero-order valence-corrected chi connectivity index (χ0v) is 11.9. The molecule has 3 N–H and O–H groups in total. The average Bonchev–Trinajstić information content (AvgIpc) is 2.54. The van der Waals surface area contributed by atoms with Crippen LogP contribution >= 0.6 is 0 Å². The molecule has 0 atom stereocenters. The van der Waals surface area contributed by atoms with Crippen molar-refractivity contribution in [2.24, 2.45) is 10.9 Å². The molecule has 1 aromatic carbocycles. The number of hydrogen-bond acceptors (Lipinski definition) is 5. The lowest BCUT2D eigenvalue weighted by atomic mass is 10.1. The lowest BCUT2D eigenvalue weighted by Crippen LogP contribution is -2.16. The number of amidine groups is 1. The van der Waals surface area contributed by atoms with E-state index in [2.05, 4.69) is 22.0 Å². The maximum Gasteiger partial charge on any atom is 0.249 e. The lowest BCUT2D eigenvalue weighted by molar-refractivity contribution is 0.318. The van der Waals surface area contributed by atoms with E-state index in [0.717, 1.165) is 12.8 Å². The first kappa shape index (κ1) is 14.8. The van der Waals surface area contributed by atoms with Gasteiger partial charge in [-0.05, 0) is 30.5 Å². The summed E-state index contributed by atoms with van der Waals surface area (Å²) in [6.07, 6.45) is 6.32. The second-order valence-electron chi connectivity index (χ2n) is 4.54. The molecule has 0 saturated heterocycles. The van der Waals surface area contributed by atoms with Crippen LogP contribution in [0, 0.1) is 0 Å². The van der Waals surface area contributed by atoms with Crippen molar-refractivity contribution >= 4 is 5.84 Å². The fraction of sp³-hybridized carbons (Fsp3) is 0.267. The molecule has 110 valence electrons. The topological polar surface area (TPSA) is 93.6 Å². The Bertz CT molecular complexity index is 611. The predicted octanol–water partition coefficient (Wildman–Crippen LogP) is 2.71. The van der Waals surface area contributed by atoms with E-state index >= 15 is 0 Å². The Kier molecular flexibility index (Phi) is 5.09. The van der Waals surface area contributed by atoms with Crippen LogP contribution < -0.4 is 10.5 Å². The zero-order valence-electron chi connectivity index (χ0n) is 11.9. The Morgan fingerprint density at radius 3 is 2.62 bits per heavy atom. The van der Waals surface area contributed by atoms with Crippen LogP contribution in [0.15, 0.2) is 41.8 Å². The summed E-state index contributed by atoms with van der Waals surface area (Å²) in [5.74, 6) is 0.689. The van der Waals surface area contributed by atoms with Crippen LogP contribution in [0.4, 0.5) is 0 Å². The third-order valence-electron chi connectivity index (χ3n) is 2.97. The number of aromatic nitrogens is 2. The third kappa shape index (κ3) is 3.92. The maximum atomic E-state index is 8.74. The van der Waals surface area contributed by atoms with Gasteiger partial charge in [0.25, 0.3) is 0 Å². The first-order chi connectivity index (χ1) is 10.2. The quantitative estimate of drug-likeness (QED) is 0.368. The molecule has 2 rings (SSSR count). The first-order valence-corrected chi connectivity index (χ1v) is 6.80. The molecule has 0 aliphatic carbocycles. The first-order valence-electron chi connectivity index (χ1n) is 6.80. The standard InChI is InChI=1S/C15H18N4O2/c1-2-3-4-11-5-7-12(8-6-11)21-15-13(14(16)19-20)17-9-10-18-15/h5-10,20H,2-4H2,1H3,(H2,16,19). The van der Waals surface area contributed by atoms with Gasteiger partial charge in [-0.1, -0.05) is 30.6 Å². The van der Waals surface area contributed by atoms with Gasteiger partial charge in [0.2, 0.25) is 5.88 Å². The third-order valence-corrected chi connectivity index (χ3v) is 2.97. The number of ether oxygens (including phenoxy) is 1. The fourth-order valence-electron chi connectivity index (χ4n) is 1.84. The number of aryl methyl sites for hydroxylation is 1. The second-order valence-corrected chi connectivity index (χ2v) is 4.54. The summed E-state index contributed by atoms with van der Waals surface area (Å²) >= 11 is 0. The van der Waals surface area contributed by atoms with Crippen LogP contribution in [-0.4, -0.2) is 21.0 Å². The molecule has 6 nitrogen and oxygen atoms in total. The molecule has 2 aromatic rings. The molecule has 0 radical (unpaired) electrons. The Morgan fingerprint density at radius 1 is 1.24 bits per heavy atom. The Balaban J connectivity index is 2.15. The van der Waals surface area contributed by atoms with Crippen molar-refractivity contribution in [3.05, 3.63) is 47.9 Å². The Labute approximate surface area is 123 Å². The van der Waals surface area contributed by atoms with Gasteiger partial charge in [-0.25, -0.2) is 9.97 Å². The number of nitrogens with two attached hydrogens (primary N) is 1. The van der Waals surface area contributed by atoms with Crippen molar-refractivity contribution < 1.29 is 9.94 Å². The highest BCUT2D eigenvalue weighted by atomic mass is 16.5. The minimum atomic E-state index is -0.141. The van der Waals surface area contributed by atoms with E-state index in [4.69, 9.17) is 15.7 Å². The van der Waals surface area contributed by atoms with Crippen LogP contribution in [-0.2, 0) is 6.42 Å². The normalized spacial score (nSPS) is 11.4. The van der Waals surface area contributed by atoms with Gasteiger partial charge in [0.1, 0.15) is 5.75 Å². The summed E-state index contributed by atoms with van der Waals surface area (Å²) in [4.78, 5) is 8.06. The summed E-state index contributed by atoms with van der Waals surface area (Å²) < 4.78 is 5.65. The number of benzene rings is 1. The van der Waals surface area contributed by atoms with Crippen LogP contribution in [0.1, 0.15) is 31.0 Å². The number of nitrogens with zero attached hydrogens (tertiary/aromatic N) is 3. The van der Waals surface area contributed by atoms with Gasteiger partial charge in [0, 0.05) is 12.4 Å². The van der Waals surface area contributed by atoms with Crippen molar-refractivity contribution in [3.63, 3.8) is 0 Å². The molecule has 1 aromatic heterocycles. The van der Waals surface area contributed by atoms with Crippen molar-refractivity contribution in [1.82, 2.24) is 9.97 Å². The number of oxime groups is 1.